The number of hydrogen-bond donors (Lipinski definition) is 2. The molecule has 3 nitrogen and oxygen atoms in total. The summed E-state index contributed by atoms with van der Waals surface area (Å²) in [5.74, 6) is 0.770. The molecule has 0 spiro atoms. The van der Waals surface area contributed by atoms with Crippen LogP contribution in [-0.4, -0.2) is 18.5 Å². The number of hydrogen-bond acceptors (Lipinski definition) is 2. The van der Waals surface area contributed by atoms with Crippen molar-refractivity contribution in [3.05, 3.63) is 0 Å². The normalized spacial score (nSPS) is 20.5. The molecule has 3 heteroatoms. The molecule has 0 aromatic rings. The Morgan fingerprint density at radius 2 is 1.82 bits per heavy atom. The molecular formula is C14H28N2O. The maximum absolute atomic E-state index is 12.4. The molecule has 3 N–H and O–H groups in total. The highest BCUT2D eigenvalue weighted by Gasteiger charge is 2.40. The molecule has 0 heterocycles. The lowest BCUT2D eigenvalue weighted by Crippen LogP contribution is -2.49. The standard InChI is InChI=1S/C14H28N2O/c1-4-12(5-2)11(3)16-13(17)14(10-15)8-6-7-9-14/h11-12H,4-10,15H2,1-3H3,(H,16,17). The van der Waals surface area contributed by atoms with Crippen LogP contribution in [-0.2, 0) is 4.79 Å². The van der Waals surface area contributed by atoms with E-state index in [0.29, 0.717) is 12.5 Å². The Labute approximate surface area is 106 Å². The van der Waals surface area contributed by atoms with Gasteiger partial charge in [0.2, 0.25) is 5.91 Å². The fourth-order valence-electron chi connectivity index (χ4n) is 3.05. The van der Waals surface area contributed by atoms with Gasteiger partial charge >= 0.3 is 0 Å². The predicted molar refractivity (Wildman–Crippen MR) is 71.6 cm³/mol. The maximum atomic E-state index is 12.4. The lowest BCUT2D eigenvalue weighted by molar-refractivity contribution is -0.131. The summed E-state index contributed by atoms with van der Waals surface area (Å²) < 4.78 is 0. The minimum Gasteiger partial charge on any atom is -0.353 e. The van der Waals surface area contributed by atoms with E-state index in [1.54, 1.807) is 0 Å². The molecule has 1 amide bonds. The van der Waals surface area contributed by atoms with Gasteiger partial charge in [0, 0.05) is 12.6 Å². The van der Waals surface area contributed by atoms with E-state index in [9.17, 15) is 4.79 Å². The van der Waals surface area contributed by atoms with Crippen molar-refractivity contribution in [1.29, 1.82) is 0 Å². The van der Waals surface area contributed by atoms with E-state index in [2.05, 4.69) is 26.1 Å². The van der Waals surface area contributed by atoms with Gasteiger partial charge in [-0.15, -0.1) is 0 Å². The number of carbonyl (C=O) groups excluding carboxylic acids is 1. The minimum atomic E-state index is -0.264. The third-order valence-corrected chi connectivity index (χ3v) is 4.55. The summed E-state index contributed by atoms with van der Waals surface area (Å²) in [5, 5.41) is 3.20. The molecule has 0 aliphatic heterocycles. The van der Waals surface area contributed by atoms with Gasteiger partial charge in [0.25, 0.3) is 0 Å². The predicted octanol–water partition coefficient (Wildman–Crippen LogP) is 2.45. The van der Waals surface area contributed by atoms with Crippen molar-refractivity contribution in [2.45, 2.75) is 65.3 Å². The lowest BCUT2D eigenvalue weighted by Gasteiger charge is -2.30. The summed E-state index contributed by atoms with van der Waals surface area (Å²) in [7, 11) is 0. The molecule has 1 atom stereocenters. The molecule has 1 unspecified atom stereocenters. The first-order valence-electron chi connectivity index (χ1n) is 7.10. The van der Waals surface area contributed by atoms with Gasteiger partial charge in [-0.25, -0.2) is 0 Å². The van der Waals surface area contributed by atoms with E-state index in [4.69, 9.17) is 5.73 Å². The number of nitrogens with two attached hydrogens (primary N) is 1. The van der Waals surface area contributed by atoms with Crippen LogP contribution < -0.4 is 11.1 Å². The summed E-state index contributed by atoms with van der Waals surface area (Å²) in [5.41, 5.74) is 5.56. The zero-order chi connectivity index (χ0) is 12.9. The summed E-state index contributed by atoms with van der Waals surface area (Å²) in [6.07, 6.45) is 6.45. The number of amides is 1. The third kappa shape index (κ3) is 3.21. The van der Waals surface area contributed by atoms with Gasteiger partial charge in [0.1, 0.15) is 0 Å². The van der Waals surface area contributed by atoms with Crippen molar-refractivity contribution in [3.63, 3.8) is 0 Å². The fraction of sp³-hybridized carbons (Fsp3) is 0.929. The van der Waals surface area contributed by atoms with Gasteiger partial charge in [0.15, 0.2) is 0 Å². The molecule has 1 aliphatic carbocycles. The summed E-state index contributed by atoms with van der Waals surface area (Å²) in [6, 6.07) is 0.265. The van der Waals surface area contributed by atoms with Crippen LogP contribution in [0.4, 0.5) is 0 Å². The molecule has 0 radical (unpaired) electrons. The second kappa shape index (κ2) is 6.39. The van der Waals surface area contributed by atoms with Crippen LogP contribution in [0.15, 0.2) is 0 Å². The van der Waals surface area contributed by atoms with Crippen molar-refractivity contribution < 1.29 is 4.79 Å². The smallest absolute Gasteiger partial charge is 0.227 e. The molecule has 0 bridgehead atoms. The van der Waals surface area contributed by atoms with E-state index in [0.717, 1.165) is 38.5 Å². The van der Waals surface area contributed by atoms with Gasteiger partial charge in [-0.05, 0) is 25.7 Å². The third-order valence-electron chi connectivity index (χ3n) is 4.55. The lowest BCUT2D eigenvalue weighted by atomic mass is 9.84. The second-order valence-electron chi connectivity index (χ2n) is 5.53. The molecule has 0 aromatic carbocycles. The molecule has 0 saturated heterocycles. The number of rotatable bonds is 6. The van der Waals surface area contributed by atoms with Gasteiger partial charge in [-0.2, -0.15) is 0 Å². The molecule has 1 rings (SSSR count). The average Bonchev–Trinajstić information content (AvgIpc) is 2.80. The fourth-order valence-corrected chi connectivity index (χ4v) is 3.05. The largest absolute Gasteiger partial charge is 0.353 e. The van der Waals surface area contributed by atoms with Crippen molar-refractivity contribution in [3.8, 4) is 0 Å². The zero-order valence-corrected chi connectivity index (χ0v) is 11.6. The Bertz CT molecular complexity index is 243. The van der Waals surface area contributed by atoms with Crippen LogP contribution in [0.25, 0.3) is 0 Å². The summed E-state index contributed by atoms with van der Waals surface area (Å²) in [6.45, 7) is 6.99. The molecular weight excluding hydrogens is 212 g/mol. The first-order chi connectivity index (χ1) is 8.09. The van der Waals surface area contributed by atoms with E-state index in [1.807, 2.05) is 0 Å². The number of nitrogens with one attached hydrogen (secondary N) is 1. The topological polar surface area (TPSA) is 55.1 Å². The van der Waals surface area contributed by atoms with E-state index in [1.165, 1.54) is 0 Å². The first-order valence-corrected chi connectivity index (χ1v) is 7.10. The Morgan fingerprint density at radius 1 is 1.29 bits per heavy atom. The highest BCUT2D eigenvalue weighted by Crippen LogP contribution is 2.37. The average molecular weight is 240 g/mol. The van der Waals surface area contributed by atoms with Crippen LogP contribution >= 0.6 is 0 Å². The molecule has 100 valence electrons. The number of carbonyl (C=O) groups is 1. The highest BCUT2D eigenvalue weighted by atomic mass is 16.2. The van der Waals surface area contributed by atoms with E-state index >= 15 is 0 Å². The van der Waals surface area contributed by atoms with Crippen LogP contribution in [0.5, 0.6) is 0 Å². The molecule has 1 fully saturated rings. The van der Waals surface area contributed by atoms with Gasteiger partial charge < -0.3 is 11.1 Å². The second-order valence-corrected chi connectivity index (χ2v) is 5.53. The summed E-state index contributed by atoms with van der Waals surface area (Å²) >= 11 is 0. The van der Waals surface area contributed by atoms with Gasteiger partial charge in [-0.1, -0.05) is 39.5 Å². The Balaban J connectivity index is 2.58. The molecule has 1 aliphatic rings. The van der Waals surface area contributed by atoms with Crippen LogP contribution in [0.3, 0.4) is 0 Å². The van der Waals surface area contributed by atoms with Crippen molar-refractivity contribution in [2.24, 2.45) is 17.1 Å². The van der Waals surface area contributed by atoms with Gasteiger partial charge in [-0.3, -0.25) is 4.79 Å². The zero-order valence-electron chi connectivity index (χ0n) is 11.6. The Kier molecular flexibility index (Phi) is 5.44. The van der Waals surface area contributed by atoms with Crippen molar-refractivity contribution in [1.82, 2.24) is 5.32 Å². The SMILES string of the molecule is CCC(CC)C(C)NC(=O)C1(CN)CCCC1. The van der Waals surface area contributed by atoms with Gasteiger partial charge in [0.05, 0.1) is 5.41 Å². The molecule has 17 heavy (non-hydrogen) atoms. The molecule has 0 aromatic heterocycles. The van der Waals surface area contributed by atoms with Crippen LogP contribution in [0.1, 0.15) is 59.3 Å². The Hall–Kier alpha value is -0.570. The highest BCUT2D eigenvalue weighted by molar-refractivity contribution is 5.83. The maximum Gasteiger partial charge on any atom is 0.227 e. The van der Waals surface area contributed by atoms with Crippen molar-refractivity contribution >= 4 is 5.91 Å². The van der Waals surface area contributed by atoms with Crippen LogP contribution in [0.2, 0.25) is 0 Å². The quantitative estimate of drug-likeness (QED) is 0.749. The van der Waals surface area contributed by atoms with E-state index in [-0.39, 0.29) is 17.4 Å². The molecule has 1 saturated carbocycles. The monoisotopic (exact) mass is 240 g/mol. The first kappa shape index (κ1) is 14.5. The van der Waals surface area contributed by atoms with Crippen LogP contribution in [0, 0.1) is 11.3 Å². The Morgan fingerprint density at radius 3 is 2.24 bits per heavy atom. The minimum absolute atomic E-state index is 0.192. The van der Waals surface area contributed by atoms with E-state index < -0.39 is 0 Å². The summed E-state index contributed by atoms with van der Waals surface area (Å²) in [4.78, 5) is 12.4. The van der Waals surface area contributed by atoms with Crippen molar-refractivity contribution in [2.75, 3.05) is 6.54 Å².